The van der Waals surface area contributed by atoms with Gasteiger partial charge in [-0.1, -0.05) is 12.1 Å². The summed E-state index contributed by atoms with van der Waals surface area (Å²) in [5, 5.41) is 3.56. The Morgan fingerprint density at radius 3 is 2.69 bits per heavy atom. The van der Waals surface area contributed by atoms with Crippen LogP contribution in [0.3, 0.4) is 0 Å². The second-order valence-electron chi connectivity index (χ2n) is 6.89. The number of hydrogen-bond acceptors (Lipinski definition) is 6. The first-order valence-electron chi connectivity index (χ1n) is 9.32. The molecule has 2 aromatic carbocycles. The summed E-state index contributed by atoms with van der Waals surface area (Å²) in [6.45, 7) is 4.57. The van der Waals surface area contributed by atoms with Crippen LogP contribution in [0.5, 0.6) is 11.5 Å². The van der Waals surface area contributed by atoms with E-state index in [-0.39, 0.29) is 13.0 Å². The molecule has 0 saturated carbocycles. The van der Waals surface area contributed by atoms with E-state index in [0.717, 1.165) is 27.7 Å². The second kappa shape index (κ2) is 7.87. The van der Waals surface area contributed by atoms with Gasteiger partial charge in [-0.3, -0.25) is 9.59 Å². The number of benzene rings is 2. The van der Waals surface area contributed by atoms with E-state index in [1.54, 1.807) is 24.5 Å². The third-order valence-electron chi connectivity index (χ3n) is 4.87. The minimum absolute atomic E-state index is 0.0345. The van der Waals surface area contributed by atoms with Crippen molar-refractivity contribution in [1.29, 1.82) is 0 Å². The van der Waals surface area contributed by atoms with Crippen LogP contribution in [-0.2, 0) is 20.7 Å². The van der Waals surface area contributed by atoms with E-state index in [0.29, 0.717) is 30.4 Å². The van der Waals surface area contributed by atoms with E-state index >= 15 is 0 Å². The highest BCUT2D eigenvalue weighted by Gasteiger charge is 2.16. The summed E-state index contributed by atoms with van der Waals surface area (Å²) in [4.78, 5) is 24.3. The Morgan fingerprint density at radius 2 is 1.86 bits per heavy atom. The lowest BCUT2D eigenvalue weighted by Crippen LogP contribution is -2.22. The maximum Gasteiger partial charge on any atom is 0.310 e. The Balaban J connectivity index is 1.33. The molecule has 1 aliphatic rings. The fourth-order valence-corrected chi connectivity index (χ4v) is 3.20. The highest BCUT2D eigenvalue weighted by Crippen LogP contribution is 2.32. The third-order valence-corrected chi connectivity index (χ3v) is 4.87. The van der Waals surface area contributed by atoms with Crippen molar-refractivity contribution in [2.45, 2.75) is 20.3 Å². The molecule has 29 heavy (non-hydrogen) atoms. The summed E-state index contributed by atoms with van der Waals surface area (Å²) in [7, 11) is 0. The molecule has 1 N–H and O–H groups in total. The normalized spacial score (nSPS) is 12.6. The van der Waals surface area contributed by atoms with Crippen LogP contribution in [0.15, 0.2) is 41.0 Å². The number of hydrogen-bond donors (Lipinski definition) is 1. The molecule has 0 atom stereocenters. The van der Waals surface area contributed by atoms with E-state index in [9.17, 15) is 9.59 Å². The highest BCUT2D eigenvalue weighted by molar-refractivity contribution is 5.94. The predicted molar refractivity (Wildman–Crippen MR) is 106 cm³/mol. The average molecular weight is 395 g/mol. The number of furan rings is 1. The molecule has 2 heterocycles. The third kappa shape index (κ3) is 4.03. The molecule has 0 aliphatic carbocycles. The molecule has 7 heteroatoms. The van der Waals surface area contributed by atoms with Crippen LogP contribution in [0.4, 0.5) is 5.69 Å². The van der Waals surface area contributed by atoms with E-state index < -0.39 is 11.9 Å². The molecule has 4 rings (SSSR count). The number of ether oxygens (including phenoxy) is 3. The Hall–Kier alpha value is -3.48. The van der Waals surface area contributed by atoms with Gasteiger partial charge in [-0.05, 0) is 37.1 Å². The minimum atomic E-state index is -0.497. The summed E-state index contributed by atoms with van der Waals surface area (Å²) in [5.74, 6) is 0.281. The van der Waals surface area contributed by atoms with Gasteiger partial charge in [-0.2, -0.15) is 0 Å². The van der Waals surface area contributed by atoms with Crippen LogP contribution in [0, 0.1) is 13.8 Å². The van der Waals surface area contributed by atoms with Gasteiger partial charge in [0, 0.05) is 22.7 Å². The van der Waals surface area contributed by atoms with Crippen LogP contribution < -0.4 is 14.8 Å². The van der Waals surface area contributed by atoms with Crippen LogP contribution in [0.25, 0.3) is 11.0 Å². The number of esters is 1. The Morgan fingerprint density at radius 1 is 1.07 bits per heavy atom. The van der Waals surface area contributed by atoms with Crippen molar-refractivity contribution >= 4 is 28.5 Å². The molecule has 0 radical (unpaired) electrons. The first-order valence-corrected chi connectivity index (χ1v) is 9.32. The largest absolute Gasteiger partial charge is 0.486 e. The fourth-order valence-electron chi connectivity index (χ4n) is 3.20. The zero-order valence-electron chi connectivity index (χ0n) is 16.2. The standard InChI is InChI=1S/C22H21NO6/c1-13-3-5-17-15(11-29-22(17)14(13)2)9-21(25)28-12-20(24)23-16-4-6-18-19(10-16)27-8-7-26-18/h3-6,10-11H,7-9,12H2,1-2H3,(H,23,24). The smallest absolute Gasteiger partial charge is 0.310 e. The van der Waals surface area contributed by atoms with Crippen molar-refractivity contribution in [2.75, 3.05) is 25.1 Å². The monoisotopic (exact) mass is 395 g/mol. The number of carbonyl (C=O) groups is 2. The first kappa shape index (κ1) is 18.9. The van der Waals surface area contributed by atoms with E-state index in [1.165, 1.54) is 0 Å². The van der Waals surface area contributed by atoms with Crippen molar-refractivity contribution in [1.82, 2.24) is 0 Å². The molecule has 0 unspecified atom stereocenters. The van der Waals surface area contributed by atoms with Gasteiger partial charge < -0.3 is 23.9 Å². The molecular formula is C22H21NO6. The van der Waals surface area contributed by atoms with Crippen molar-refractivity contribution in [3.05, 3.63) is 53.3 Å². The molecule has 1 aromatic heterocycles. The Labute approximate surface area is 167 Å². The maximum atomic E-state index is 12.2. The van der Waals surface area contributed by atoms with Gasteiger partial charge in [0.2, 0.25) is 0 Å². The summed E-state index contributed by atoms with van der Waals surface area (Å²) < 4.78 is 21.6. The number of amides is 1. The van der Waals surface area contributed by atoms with Gasteiger partial charge in [0.15, 0.2) is 18.1 Å². The molecule has 3 aromatic rings. The van der Waals surface area contributed by atoms with Gasteiger partial charge in [0.25, 0.3) is 5.91 Å². The lowest BCUT2D eigenvalue weighted by atomic mass is 10.0. The van der Waals surface area contributed by atoms with Crippen LogP contribution in [0.2, 0.25) is 0 Å². The zero-order valence-corrected chi connectivity index (χ0v) is 16.2. The molecule has 0 spiro atoms. The van der Waals surface area contributed by atoms with Gasteiger partial charge in [-0.15, -0.1) is 0 Å². The van der Waals surface area contributed by atoms with E-state index in [1.807, 2.05) is 26.0 Å². The highest BCUT2D eigenvalue weighted by atomic mass is 16.6. The van der Waals surface area contributed by atoms with Gasteiger partial charge in [0.05, 0.1) is 12.7 Å². The maximum absolute atomic E-state index is 12.2. The van der Waals surface area contributed by atoms with Crippen LogP contribution in [-0.4, -0.2) is 31.7 Å². The zero-order chi connectivity index (χ0) is 20.4. The predicted octanol–water partition coefficient (Wildman–Crippen LogP) is 3.55. The lowest BCUT2D eigenvalue weighted by Gasteiger charge is -2.19. The Kier molecular flexibility index (Phi) is 5.12. The molecule has 1 amide bonds. The van der Waals surface area contributed by atoms with Crippen molar-refractivity contribution in [3.63, 3.8) is 0 Å². The van der Waals surface area contributed by atoms with Gasteiger partial charge in [0.1, 0.15) is 18.8 Å². The van der Waals surface area contributed by atoms with E-state index in [4.69, 9.17) is 18.6 Å². The number of nitrogens with one attached hydrogen (secondary N) is 1. The summed E-state index contributed by atoms with van der Waals surface area (Å²) in [6.07, 6.45) is 1.60. The quantitative estimate of drug-likeness (QED) is 0.665. The molecular weight excluding hydrogens is 374 g/mol. The summed E-state index contributed by atoms with van der Waals surface area (Å²) in [5.41, 5.74) is 4.21. The van der Waals surface area contributed by atoms with Crippen molar-refractivity contribution in [3.8, 4) is 11.5 Å². The molecule has 150 valence electrons. The van der Waals surface area contributed by atoms with Gasteiger partial charge in [-0.25, -0.2) is 0 Å². The first-order chi connectivity index (χ1) is 14.0. The Bertz CT molecular complexity index is 1080. The summed E-state index contributed by atoms with van der Waals surface area (Å²) in [6, 6.07) is 9.02. The van der Waals surface area contributed by atoms with Crippen LogP contribution >= 0.6 is 0 Å². The minimum Gasteiger partial charge on any atom is -0.486 e. The molecule has 0 saturated heterocycles. The number of carbonyl (C=O) groups excluding carboxylic acids is 2. The van der Waals surface area contributed by atoms with Crippen molar-refractivity contribution in [2.24, 2.45) is 0 Å². The van der Waals surface area contributed by atoms with Crippen molar-refractivity contribution < 1.29 is 28.2 Å². The number of aryl methyl sites for hydroxylation is 2. The number of anilines is 1. The van der Waals surface area contributed by atoms with Gasteiger partial charge >= 0.3 is 5.97 Å². The van der Waals surface area contributed by atoms with E-state index in [2.05, 4.69) is 5.32 Å². The molecule has 7 nitrogen and oxygen atoms in total. The topological polar surface area (TPSA) is 87.0 Å². The molecule has 0 bridgehead atoms. The second-order valence-corrected chi connectivity index (χ2v) is 6.89. The SMILES string of the molecule is Cc1ccc2c(CC(=O)OCC(=O)Nc3ccc4c(c3)OCCO4)coc2c1C. The van der Waals surface area contributed by atoms with Crippen LogP contribution in [0.1, 0.15) is 16.7 Å². The average Bonchev–Trinajstić information content (AvgIpc) is 3.12. The molecule has 0 fully saturated rings. The fraction of sp³-hybridized carbons (Fsp3) is 0.273. The number of fused-ring (bicyclic) bond motifs is 2. The molecule has 1 aliphatic heterocycles. The number of rotatable bonds is 5. The summed E-state index contributed by atoms with van der Waals surface area (Å²) >= 11 is 0. The lowest BCUT2D eigenvalue weighted by molar-refractivity contribution is -0.146.